The van der Waals surface area contributed by atoms with E-state index in [4.69, 9.17) is 11.6 Å². The van der Waals surface area contributed by atoms with Crippen molar-refractivity contribution >= 4 is 46.1 Å². The second-order valence-corrected chi connectivity index (χ2v) is 8.83. The predicted molar refractivity (Wildman–Crippen MR) is 130 cm³/mol. The summed E-state index contributed by atoms with van der Waals surface area (Å²) in [6.07, 6.45) is 11.0. The van der Waals surface area contributed by atoms with E-state index in [0.717, 1.165) is 11.3 Å². The summed E-state index contributed by atoms with van der Waals surface area (Å²) in [6, 6.07) is 8.96. The van der Waals surface area contributed by atoms with Crippen LogP contribution in [0.4, 0.5) is 11.6 Å². The van der Waals surface area contributed by atoms with E-state index in [0.29, 0.717) is 28.8 Å². The highest BCUT2D eigenvalue weighted by atomic mass is 35.5. The van der Waals surface area contributed by atoms with E-state index in [1.54, 1.807) is 28.8 Å². The molecular formula is C24H19ClN8O2. The Balaban J connectivity index is 1.13. The molecule has 0 aliphatic heterocycles. The van der Waals surface area contributed by atoms with Crippen molar-refractivity contribution in [3.05, 3.63) is 83.6 Å². The number of hydrogen-bond donors (Lipinski definition) is 2. The van der Waals surface area contributed by atoms with Gasteiger partial charge < -0.3 is 19.4 Å². The standard InChI is InChI=1S/C24H19ClN8O2/c25-16-5-6-32-13-29-22(18(32)7-16)23(34)24(35)31-20-8-19(27-12-28-20)26-9-17-11-33-10-15(14-1-2-14)3-4-21(33)30-17/h3-8,10-14H,1-2,9H2,(H2,26,27,28,31,35). The maximum atomic E-state index is 12.7. The van der Waals surface area contributed by atoms with Crippen molar-refractivity contribution in [1.29, 1.82) is 0 Å². The maximum absolute atomic E-state index is 12.7. The number of Topliss-reactive ketones (excluding diaryl/α,β-unsaturated/α-hetero) is 1. The largest absolute Gasteiger partial charge is 0.364 e. The molecule has 35 heavy (non-hydrogen) atoms. The predicted octanol–water partition coefficient (Wildman–Crippen LogP) is 3.74. The SMILES string of the molecule is O=C(Nc1cc(NCc2cn3cc(C4CC4)ccc3n2)ncn1)C(=O)c1ncn2ccc(Cl)cc12. The van der Waals surface area contributed by atoms with Crippen LogP contribution in [0.15, 0.2) is 61.6 Å². The Morgan fingerprint density at radius 3 is 2.74 bits per heavy atom. The Bertz CT molecular complexity index is 1600. The number of nitrogens with zero attached hydrogens (tertiary/aromatic N) is 6. The van der Waals surface area contributed by atoms with Gasteiger partial charge in [0.05, 0.1) is 17.8 Å². The minimum absolute atomic E-state index is 0.00842. The molecule has 174 valence electrons. The number of amides is 1. The van der Waals surface area contributed by atoms with Crippen molar-refractivity contribution in [2.24, 2.45) is 0 Å². The van der Waals surface area contributed by atoms with E-state index in [2.05, 4.69) is 42.8 Å². The number of anilines is 2. The molecule has 0 saturated heterocycles. The molecule has 11 heteroatoms. The van der Waals surface area contributed by atoms with Crippen molar-refractivity contribution in [3.8, 4) is 0 Å². The minimum Gasteiger partial charge on any atom is -0.364 e. The van der Waals surface area contributed by atoms with Crippen molar-refractivity contribution in [3.63, 3.8) is 0 Å². The molecule has 5 heterocycles. The molecule has 0 unspecified atom stereocenters. The van der Waals surface area contributed by atoms with Crippen molar-refractivity contribution in [1.82, 2.24) is 28.7 Å². The van der Waals surface area contributed by atoms with Gasteiger partial charge in [-0.3, -0.25) is 9.59 Å². The quantitative estimate of drug-likeness (QED) is 0.266. The van der Waals surface area contributed by atoms with E-state index in [1.807, 2.05) is 16.7 Å². The third-order valence-electron chi connectivity index (χ3n) is 5.85. The highest BCUT2D eigenvalue weighted by Gasteiger charge is 2.24. The van der Waals surface area contributed by atoms with Gasteiger partial charge in [0.2, 0.25) is 0 Å². The van der Waals surface area contributed by atoms with Crippen LogP contribution in [0.2, 0.25) is 5.02 Å². The number of ketones is 1. The Morgan fingerprint density at radius 1 is 1.03 bits per heavy atom. The zero-order valence-electron chi connectivity index (χ0n) is 18.3. The summed E-state index contributed by atoms with van der Waals surface area (Å²) in [5.41, 5.74) is 3.52. The van der Waals surface area contributed by atoms with E-state index in [1.165, 1.54) is 31.1 Å². The maximum Gasteiger partial charge on any atom is 0.299 e. The van der Waals surface area contributed by atoms with Crippen LogP contribution in [0.5, 0.6) is 0 Å². The number of aromatic nitrogens is 6. The fourth-order valence-electron chi connectivity index (χ4n) is 3.93. The van der Waals surface area contributed by atoms with Crippen LogP contribution in [-0.4, -0.2) is 40.4 Å². The van der Waals surface area contributed by atoms with E-state index >= 15 is 0 Å². The summed E-state index contributed by atoms with van der Waals surface area (Å²) in [7, 11) is 0. The van der Waals surface area contributed by atoms with Crippen molar-refractivity contribution in [2.45, 2.75) is 25.3 Å². The number of carbonyl (C=O) groups excluding carboxylic acids is 2. The first-order chi connectivity index (χ1) is 17.0. The number of halogens is 1. The van der Waals surface area contributed by atoms with Gasteiger partial charge >= 0.3 is 0 Å². The number of imidazole rings is 2. The van der Waals surface area contributed by atoms with Gasteiger partial charge in [0, 0.05) is 29.7 Å². The zero-order chi connectivity index (χ0) is 23.9. The molecule has 1 fully saturated rings. The summed E-state index contributed by atoms with van der Waals surface area (Å²) in [5.74, 6) is -0.306. The van der Waals surface area contributed by atoms with Gasteiger partial charge in [-0.25, -0.2) is 19.9 Å². The van der Waals surface area contributed by atoms with Gasteiger partial charge in [-0.05, 0) is 42.5 Å². The smallest absolute Gasteiger partial charge is 0.299 e. The van der Waals surface area contributed by atoms with Crippen LogP contribution in [0, 0.1) is 0 Å². The average molecular weight is 487 g/mol. The van der Waals surface area contributed by atoms with E-state index < -0.39 is 11.7 Å². The fraction of sp³-hybridized carbons (Fsp3) is 0.167. The number of rotatable bonds is 7. The van der Waals surface area contributed by atoms with Crippen molar-refractivity contribution in [2.75, 3.05) is 10.6 Å². The lowest BCUT2D eigenvalue weighted by Crippen LogP contribution is -2.24. The third kappa shape index (κ3) is 4.31. The second kappa shape index (κ2) is 8.48. The van der Waals surface area contributed by atoms with Gasteiger partial charge in [-0.2, -0.15) is 0 Å². The number of fused-ring (bicyclic) bond motifs is 2. The molecule has 6 rings (SSSR count). The summed E-state index contributed by atoms with van der Waals surface area (Å²) in [5, 5.41) is 6.13. The molecule has 0 aromatic carbocycles. The van der Waals surface area contributed by atoms with Crippen molar-refractivity contribution < 1.29 is 9.59 Å². The number of nitrogens with one attached hydrogen (secondary N) is 2. The lowest BCUT2D eigenvalue weighted by molar-refractivity contribution is -0.112. The third-order valence-corrected chi connectivity index (χ3v) is 6.09. The molecule has 1 aliphatic carbocycles. The molecule has 5 aromatic rings. The summed E-state index contributed by atoms with van der Waals surface area (Å²) in [4.78, 5) is 42.2. The Labute approximate surface area is 204 Å². The number of hydrogen-bond acceptors (Lipinski definition) is 7. The summed E-state index contributed by atoms with van der Waals surface area (Å²) < 4.78 is 3.65. The zero-order valence-corrected chi connectivity index (χ0v) is 19.1. The molecule has 5 aromatic heterocycles. The molecule has 1 saturated carbocycles. The molecule has 0 spiro atoms. The molecule has 10 nitrogen and oxygen atoms in total. The monoisotopic (exact) mass is 486 g/mol. The van der Waals surface area contributed by atoms with Gasteiger partial charge in [0.1, 0.15) is 35.6 Å². The molecule has 1 amide bonds. The Morgan fingerprint density at radius 2 is 1.89 bits per heavy atom. The van der Waals surface area contributed by atoms with Crippen LogP contribution in [0.25, 0.3) is 11.2 Å². The highest BCUT2D eigenvalue weighted by molar-refractivity contribution is 6.47. The lowest BCUT2D eigenvalue weighted by atomic mass is 10.2. The van der Waals surface area contributed by atoms with Crippen LogP contribution in [0.1, 0.15) is 40.5 Å². The van der Waals surface area contributed by atoms with Gasteiger partial charge in [0.15, 0.2) is 0 Å². The van der Waals surface area contributed by atoms with Crippen LogP contribution < -0.4 is 10.6 Å². The number of pyridine rings is 2. The molecule has 2 N–H and O–H groups in total. The van der Waals surface area contributed by atoms with Crippen LogP contribution in [-0.2, 0) is 11.3 Å². The first kappa shape index (κ1) is 21.2. The number of carbonyl (C=O) groups is 2. The normalized spacial score (nSPS) is 13.3. The first-order valence-electron chi connectivity index (χ1n) is 11.0. The molecule has 0 bridgehead atoms. The Hall–Kier alpha value is -4.31. The molecule has 1 aliphatic rings. The summed E-state index contributed by atoms with van der Waals surface area (Å²) >= 11 is 6.02. The van der Waals surface area contributed by atoms with Crippen LogP contribution >= 0.6 is 11.6 Å². The first-order valence-corrected chi connectivity index (χ1v) is 11.4. The lowest BCUT2D eigenvalue weighted by Gasteiger charge is -2.06. The molecule has 0 radical (unpaired) electrons. The van der Waals surface area contributed by atoms with Gasteiger partial charge in [-0.15, -0.1) is 0 Å². The highest BCUT2D eigenvalue weighted by Crippen LogP contribution is 2.39. The van der Waals surface area contributed by atoms with Gasteiger partial charge in [0.25, 0.3) is 11.7 Å². The molecule has 0 atom stereocenters. The van der Waals surface area contributed by atoms with E-state index in [9.17, 15) is 9.59 Å². The average Bonchev–Trinajstić information content (AvgIpc) is 3.50. The summed E-state index contributed by atoms with van der Waals surface area (Å²) in [6.45, 7) is 0.436. The second-order valence-electron chi connectivity index (χ2n) is 8.39. The molecular weight excluding hydrogens is 468 g/mol. The topological polar surface area (TPSA) is 119 Å². The minimum atomic E-state index is -0.859. The fourth-order valence-corrected chi connectivity index (χ4v) is 4.09. The van der Waals surface area contributed by atoms with Crippen LogP contribution in [0.3, 0.4) is 0 Å². The van der Waals surface area contributed by atoms with Gasteiger partial charge in [-0.1, -0.05) is 17.7 Å². The van der Waals surface area contributed by atoms with E-state index in [-0.39, 0.29) is 11.5 Å². The Kier molecular flexibility index (Phi) is 5.14.